The normalized spacial score (nSPS) is 20.4. The van der Waals surface area contributed by atoms with E-state index in [1.54, 1.807) is 0 Å². The summed E-state index contributed by atoms with van der Waals surface area (Å²) in [6, 6.07) is 0. The van der Waals surface area contributed by atoms with Crippen molar-refractivity contribution in [2.45, 2.75) is 45.8 Å². The zero-order valence-corrected chi connectivity index (χ0v) is 13.1. The van der Waals surface area contributed by atoms with E-state index < -0.39 is 0 Å². The van der Waals surface area contributed by atoms with Gasteiger partial charge in [-0.2, -0.15) is 4.98 Å². The van der Waals surface area contributed by atoms with Gasteiger partial charge >= 0.3 is 0 Å². The number of hydrogen-bond acceptors (Lipinski definition) is 5. The fraction of sp³-hybridized carbons (Fsp3) is 0.857. The second-order valence-electron chi connectivity index (χ2n) is 6.50. The predicted molar refractivity (Wildman–Crippen MR) is 79.8 cm³/mol. The standard InChI is InChI=1S/C14H27N5O/c1-14(2,3)20-10-12-16-13(18-17-12)19-7-5-6-11(9-19)8-15-4/h11,15H,5-10H2,1-4H3,(H,16,17,18). The van der Waals surface area contributed by atoms with Crippen LogP contribution in [0.5, 0.6) is 0 Å². The molecule has 0 amide bonds. The number of anilines is 1. The fourth-order valence-corrected chi connectivity index (χ4v) is 2.48. The summed E-state index contributed by atoms with van der Waals surface area (Å²) in [6.07, 6.45) is 2.48. The van der Waals surface area contributed by atoms with E-state index in [1.165, 1.54) is 12.8 Å². The van der Waals surface area contributed by atoms with E-state index in [9.17, 15) is 0 Å². The number of nitrogens with one attached hydrogen (secondary N) is 2. The molecule has 114 valence electrons. The molecule has 2 rings (SSSR count). The Morgan fingerprint density at radius 3 is 2.95 bits per heavy atom. The minimum atomic E-state index is -0.157. The van der Waals surface area contributed by atoms with Crippen molar-refractivity contribution in [2.24, 2.45) is 5.92 Å². The summed E-state index contributed by atoms with van der Waals surface area (Å²) >= 11 is 0. The van der Waals surface area contributed by atoms with E-state index in [0.29, 0.717) is 12.5 Å². The summed E-state index contributed by atoms with van der Waals surface area (Å²) < 4.78 is 5.71. The smallest absolute Gasteiger partial charge is 0.244 e. The van der Waals surface area contributed by atoms with E-state index in [1.807, 2.05) is 27.8 Å². The van der Waals surface area contributed by atoms with Crippen molar-refractivity contribution in [2.75, 3.05) is 31.6 Å². The minimum absolute atomic E-state index is 0.157. The largest absolute Gasteiger partial charge is 0.368 e. The molecule has 1 atom stereocenters. The number of aromatic amines is 1. The fourth-order valence-electron chi connectivity index (χ4n) is 2.48. The third-order valence-electron chi connectivity index (χ3n) is 3.46. The molecule has 20 heavy (non-hydrogen) atoms. The minimum Gasteiger partial charge on any atom is -0.368 e. The van der Waals surface area contributed by atoms with Crippen LogP contribution in [-0.4, -0.2) is 47.5 Å². The quantitative estimate of drug-likeness (QED) is 0.857. The first-order chi connectivity index (χ1) is 9.48. The zero-order chi connectivity index (χ0) is 14.6. The highest BCUT2D eigenvalue weighted by molar-refractivity contribution is 5.29. The molecular formula is C14H27N5O. The molecule has 1 saturated heterocycles. The van der Waals surface area contributed by atoms with Gasteiger partial charge in [0.25, 0.3) is 0 Å². The van der Waals surface area contributed by atoms with Crippen molar-refractivity contribution in [3.05, 3.63) is 5.82 Å². The van der Waals surface area contributed by atoms with Crippen LogP contribution in [0, 0.1) is 5.92 Å². The summed E-state index contributed by atoms with van der Waals surface area (Å²) in [4.78, 5) is 6.81. The SMILES string of the molecule is CNCC1CCCN(c2n[nH]c(COC(C)(C)C)n2)C1. The average Bonchev–Trinajstić information content (AvgIpc) is 2.85. The van der Waals surface area contributed by atoms with E-state index in [2.05, 4.69) is 25.4 Å². The second kappa shape index (κ2) is 6.54. The Labute approximate surface area is 121 Å². The Hall–Kier alpha value is -1.14. The van der Waals surface area contributed by atoms with E-state index in [0.717, 1.165) is 31.4 Å². The second-order valence-corrected chi connectivity index (χ2v) is 6.50. The molecule has 1 unspecified atom stereocenters. The van der Waals surface area contributed by atoms with Crippen LogP contribution in [0.25, 0.3) is 0 Å². The number of nitrogens with zero attached hydrogens (tertiary/aromatic N) is 3. The summed E-state index contributed by atoms with van der Waals surface area (Å²) in [5.41, 5.74) is -0.157. The number of H-pyrrole nitrogens is 1. The molecule has 6 heteroatoms. The Balaban J connectivity index is 1.91. The van der Waals surface area contributed by atoms with Gasteiger partial charge < -0.3 is 15.0 Å². The molecule has 0 bridgehead atoms. The molecule has 1 aliphatic rings. The lowest BCUT2D eigenvalue weighted by molar-refractivity contribution is -0.0179. The molecular weight excluding hydrogens is 254 g/mol. The van der Waals surface area contributed by atoms with Crippen molar-refractivity contribution in [1.82, 2.24) is 20.5 Å². The van der Waals surface area contributed by atoms with Crippen molar-refractivity contribution >= 4 is 5.95 Å². The highest BCUT2D eigenvalue weighted by Crippen LogP contribution is 2.20. The lowest BCUT2D eigenvalue weighted by atomic mass is 9.98. The third-order valence-corrected chi connectivity index (χ3v) is 3.46. The van der Waals surface area contributed by atoms with Crippen LogP contribution in [0.3, 0.4) is 0 Å². The van der Waals surface area contributed by atoms with Crippen LogP contribution in [0.15, 0.2) is 0 Å². The molecule has 1 aromatic heterocycles. The average molecular weight is 281 g/mol. The molecule has 1 aliphatic heterocycles. The number of hydrogen-bond donors (Lipinski definition) is 2. The molecule has 1 fully saturated rings. The van der Waals surface area contributed by atoms with Gasteiger partial charge in [0, 0.05) is 13.1 Å². The lowest BCUT2D eigenvalue weighted by Gasteiger charge is -2.31. The first kappa shape index (κ1) is 15.3. The molecule has 0 aromatic carbocycles. The lowest BCUT2D eigenvalue weighted by Crippen LogP contribution is -2.39. The van der Waals surface area contributed by atoms with Gasteiger partial charge in [-0.05, 0) is 53.1 Å². The molecule has 0 spiro atoms. The molecule has 0 radical (unpaired) electrons. The zero-order valence-electron chi connectivity index (χ0n) is 13.1. The van der Waals surface area contributed by atoms with E-state index in [4.69, 9.17) is 4.74 Å². The number of ether oxygens (including phenoxy) is 1. The maximum Gasteiger partial charge on any atom is 0.244 e. The molecule has 2 N–H and O–H groups in total. The third kappa shape index (κ3) is 4.45. The van der Waals surface area contributed by atoms with Gasteiger partial charge in [0.05, 0.1) is 5.60 Å². The Kier molecular flexibility index (Phi) is 4.99. The van der Waals surface area contributed by atoms with Gasteiger partial charge in [-0.3, -0.25) is 5.10 Å². The van der Waals surface area contributed by atoms with Gasteiger partial charge in [-0.15, -0.1) is 5.10 Å². The predicted octanol–water partition coefficient (Wildman–Crippen LogP) is 1.56. The maximum absolute atomic E-state index is 5.71. The number of piperidine rings is 1. The number of rotatable bonds is 5. The van der Waals surface area contributed by atoms with Crippen LogP contribution in [0.4, 0.5) is 5.95 Å². The highest BCUT2D eigenvalue weighted by Gasteiger charge is 2.22. The molecule has 1 aromatic rings. The van der Waals surface area contributed by atoms with Crippen LogP contribution in [0.2, 0.25) is 0 Å². The molecule has 2 heterocycles. The summed E-state index contributed by atoms with van der Waals surface area (Å²) in [6.45, 7) is 9.72. The topological polar surface area (TPSA) is 66.1 Å². The van der Waals surface area contributed by atoms with Crippen LogP contribution in [-0.2, 0) is 11.3 Å². The van der Waals surface area contributed by atoms with Gasteiger partial charge in [0.1, 0.15) is 6.61 Å². The molecule has 6 nitrogen and oxygen atoms in total. The molecule has 0 saturated carbocycles. The Morgan fingerprint density at radius 1 is 1.45 bits per heavy atom. The van der Waals surface area contributed by atoms with Gasteiger partial charge in [-0.25, -0.2) is 0 Å². The maximum atomic E-state index is 5.71. The summed E-state index contributed by atoms with van der Waals surface area (Å²) in [5, 5.41) is 10.6. The van der Waals surface area contributed by atoms with E-state index in [-0.39, 0.29) is 5.60 Å². The van der Waals surface area contributed by atoms with E-state index >= 15 is 0 Å². The van der Waals surface area contributed by atoms with Crippen LogP contribution in [0.1, 0.15) is 39.4 Å². The van der Waals surface area contributed by atoms with Crippen molar-refractivity contribution < 1.29 is 4.74 Å². The summed E-state index contributed by atoms with van der Waals surface area (Å²) in [7, 11) is 2.01. The van der Waals surface area contributed by atoms with Gasteiger partial charge in [0.15, 0.2) is 5.82 Å². The van der Waals surface area contributed by atoms with Crippen molar-refractivity contribution in [3.8, 4) is 0 Å². The Bertz CT molecular complexity index is 410. The van der Waals surface area contributed by atoms with Gasteiger partial charge in [0.2, 0.25) is 5.95 Å². The number of aromatic nitrogens is 3. The Morgan fingerprint density at radius 2 is 2.25 bits per heavy atom. The molecule has 0 aliphatic carbocycles. The van der Waals surface area contributed by atoms with Crippen molar-refractivity contribution in [3.63, 3.8) is 0 Å². The van der Waals surface area contributed by atoms with Crippen LogP contribution >= 0.6 is 0 Å². The first-order valence-electron chi connectivity index (χ1n) is 7.43. The monoisotopic (exact) mass is 281 g/mol. The summed E-state index contributed by atoms with van der Waals surface area (Å²) in [5.74, 6) is 2.28. The van der Waals surface area contributed by atoms with Gasteiger partial charge in [-0.1, -0.05) is 0 Å². The van der Waals surface area contributed by atoms with Crippen LogP contribution < -0.4 is 10.2 Å². The van der Waals surface area contributed by atoms with Crippen molar-refractivity contribution in [1.29, 1.82) is 0 Å². The highest BCUT2D eigenvalue weighted by atomic mass is 16.5. The first-order valence-corrected chi connectivity index (χ1v) is 7.43.